The van der Waals surface area contributed by atoms with E-state index in [1.54, 1.807) is 20.8 Å². The summed E-state index contributed by atoms with van der Waals surface area (Å²) in [6, 6.07) is 7.67. The van der Waals surface area contributed by atoms with Gasteiger partial charge in [0.2, 0.25) is 0 Å². The van der Waals surface area contributed by atoms with E-state index in [-0.39, 0.29) is 5.92 Å². The predicted molar refractivity (Wildman–Crippen MR) is 85.6 cm³/mol. The number of rotatable bonds is 3. The number of esters is 1. The largest absolute Gasteiger partial charge is 0.467 e. The van der Waals surface area contributed by atoms with Crippen LogP contribution in [0.15, 0.2) is 28.7 Å². The van der Waals surface area contributed by atoms with Crippen molar-refractivity contribution in [3.05, 3.63) is 34.3 Å². The van der Waals surface area contributed by atoms with Gasteiger partial charge >= 0.3 is 12.1 Å². The van der Waals surface area contributed by atoms with E-state index in [4.69, 9.17) is 9.47 Å². The Bertz CT molecular complexity index is 579. The number of methoxy groups -OCH3 is 1. The topological polar surface area (TPSA) is 64.6 Å². The van der Waals surface area contributed by atoms with Gasteiger partial charge in [0.25, 0.3) is 0 Å². The fourth-order valence-corrected chi connectivity index (χ4v) is 2.71. The summed E-state index contributed by atoms with van der Waals surface area (Å²) >= 11 is 3.38. The average molecular weight is 370 g/mol. The molecule has 0 spiro atoms. The van der Waals surface area contributed by atoms with Crippen molar-refractivity contribution in [2.24, 2.45) is 0 Å². The Labute approximate surface area is 138 Å². The highest BCUT2D eigenvalue weighted by Crippen LogP contribution is 2.52. The standard InChI is InChI=1S/C16H20BrNO4/c1-15(2,3)22-14(20)18-16(13(19)21-4)9-12(16)10-5-7-11(17)8-6-10/h5-8,12H,9H2,1-4H3,(H,18,20). The van der Waals surface area contributed by atoms with Crippen LogP contribution in [-0.2, 0) is 14.3 Å². The van der Waals surface area contributed by atoms with Crippen molar-refractivity contribution in [2.75, 3.05) is 7.11 Å². The second kappa shape index (κ2) is 5.91. The molecule has 6 heteroatoms. The Hall–Kier alpha value is -1.56. The molecule has 1 aliphatic rings. The van der Waals surface area contributed by atoms with Gasteiger partial charge in [0.05, 0.1) is 7.11 Å². The summed E-state index contributed by atoms with van der Waals surface area (Å²) < 4.78 is 11.1. The minimum Gasteiger partial charge on any atom is -0.467 e. The number of halogens is 1. The molecule has 1 N–H and O–H groups in total. The van der Waals surface area contributed by atoms with Gasteiger partial charge in [-0.25, -0.2) is 9.59 Å². The van der Waals surface area contributed by atoms with E-state index in [1.165, 1.54) is 7.11 Å². The molecular formula is C16H20BrNO4. The van der Waals surface area contributed by atoms with Crippen LogP contribution in [0.3, 0.4) is 0 Å². The van der Waals surface area contributed by atoms with Crippen LogP contribution < -0.4 is 5.32 Å². The summed E-state index contributed by atoms with van der Waals surface area (Å²) in [6.45, 7) is 5.32. The van der Waals surface area contributed by atoms with Crippen molar-refractivity contribution >= 4 is 28.0 Å². The SMILES string of the molecule is COC(=O)C1(NC(=O)OC(C)(C)C)CC1c1ccc(Br)cc1. The summed E-state index contributed by atoms with van der Waals surface area (Å²) in [5.74, 6) is -0.563. The van der Waals surface area contributed by atoms with Crippen LogP contribution in [0.5, 0.6) is 0 Å². The van der Waals surface area contributed by atoms with Gasteiger partial charge in [-0.3, -0.25) is 0 Å². The predicted octanol–water partition coefficient (Wildman–Crippen LogP) is 3.37. The zero-order valence-electron chi connectivity index (χ0n) is 13.1. The van der Waals surface area contributed by atoms with E-state index in [9.17, 15) is 9.59 Å². The zero-order chi connectivity index (χ0) is 16.5. The monoisotopic (exact) mass is 369 g/mol. The number of benzene rings is 1. The van der Waals surface area contributed by atoms with Gasteiger partial charge in [0.15, 0.2) is 0 Å². The first-order valence-corrected chi connectivity index (χ1v) is 7.82. The Morgan fingerprint density at radius 1 is 1.27 bits per heavy atom. The number of hydrogen-bond donors (Lipinski definition) is 1. The van der Waals surface area contributed by atoms with Crippen molar-refractivity contribution in [1.82, 2.24) is 5.32 Å². The lowest BCUT2D eigenvalue weighted by Gasteiger charge is -2.23. The van der Waals surface area contributed by atoms with Crippen LogP contribution in [0.4, 0.5) is 4.79 Å². The first kappa shape index (κ1) is 16.8. The Morgan fingerprint density at radius 3 is 2.36 bits per heavy atom. The molecule has 2 unspecified atom stereocenters. The van der Waals surface area contributed by atoms with E-state index in [1.807, 2.05) is 24.3 Å². The van der Waals surface area contributed by atoms with Crippen molar-refractivity contribution in [1.29, 1.82) is 0 Å². The number of ether oxygens (including phenoxy) is 2. The van der Waals surface area contributed by atoms with Gasteiger partial charge in [0.1, 0.15) is 11.1 Å². The van der Waals surface area contributed by atoms with E-state index in [2.05, 4.69) is 21.2 Å². The van der Waals surface area contributed by atoms with Gasteiger partial charge in [-0.05, 0) is 44.9 Å². The Morgan fingerprint density at radius 2 is 1.86 bits per heavy atom. The molecule has 0 radical (unpaired) electrons. The summed E-state index contributed by atoms with van der Waals surface area (Å²) in [7, 11) is 1.32. The van der Waals surface area contributed by atoms with Crippen molar-refractivity contribution < 1.29 is 19.1 Å². The fourth-order valence-electron chi connectivity index (χ4n) is 2.44. The zero-order valence-corrected chi connectivity index (χ0v) is 14.7. The maximum Gasteiger partial charge on any atom is 0.408 e. The maximum absolute atomic E-state index is 12.1. The van der Waals surface area contributed by atoms with Gasteiger partial charge in [-0.1, -0.05) is 28.1 Å². The number of hydrogen-bond acceptors (Lipinski definition) is 4. The molecule has 0 bridgehead atoms. The van der Waals surface area contributed by atoms with Crippen LogP contribution in [0.1, 0.15) is 38.7 Å². The van der Waals surface area contributed by atoms with Gasteiger partial charge in [-0.2, -0.15) is 0 Å². The third kappa shape index (κ3) is 3.61. The molecule has 0 saturated heterocycles. The van der Waals surface area contributed by atoms with E-state index < -0.39 is 23.2 Å². The molecule has 1 aromatic rings. The minimum absolute atomic E-state index is 0.111. The molecule has 2 rings (SSSR count). The molecule has 22 heavy (non-hydrogen) atoms. The lowest BCUT2D eigenvalue weighted by Crippen LogP contribution is -2.47. The molecular weight excluding hydrogens is 350 g/mol. The van der Waals surface area contributed by atoms with E-state index >= 15 is 0 Å². The second-order valence-electron chi connectivity index (χ2n) is 6.40. The number of carbonyl (C=O) groups is 2. The van der Waals surface area contributed by atoms with Crippen LogP contribution in [0.25, 0.3) is 0 Å². The molecule has 5 nitrogen and oxygen atoms in total. The fraction of sp³-hybridized carbons (Fsp3) is 0.500. The first-order chi connectivity index (χ1) is 10.2. The van der Waals surface area contributed by atoms with E-state index in [0.29, 0.717) is 6.42 Å². The highest BCUT2D eigenvalue weighted by Gasteiger charge is 2.63. The lowest BCUT2D eigenvalue weighted by atomic mass is 10.1. The van der Waals surface area contributed by atoms with E-state index in [0.717, 1.165) is 10.0 Å². The number of carbonyl (C=O) groups excluding carboxylic acids is 2. The van der Waals surface area contributed by atoms with Crippen LogP contribution in [-0.4, -0.2) is 30.3 Å². The summed E-state index contributed by atoms with van der Waals surface area (Å²) in [6.07, 6.45) is -0.113. The number of nitrogens with one attached hydrogen (secondary N) is 1. The lowest BCUT2D eigenvalue weighted by molar-refractivity contribution is -0.144. The van der Waals surface area contributed by atoms with Crippen LogP contribution in [0, 0.1) is 0 Å². The highest BCUT2D eigenvalue weighted by molar-refractivity contribution is 9.10. The summed E-state index contributed by atoms with van der Waals surface area (Å²) in [5.41, 5.74) is -0.682. The minimum atomic E-state index is -1.04. The third-order valence-electron chi connectivity index (χ3n) is 3.51. The Balaban J connectivity index is 2.16. The molecule has 1 fully saturated rings. The maximum atomic E-state index is 12.1. The Kier molecular flexibility index (Phi) is 4.52. The quantitative estimate of drug-likeness (QED) is 0.829. The molecule has 0 heterocycles. The average Bonchev–Trinajstić information content (AvgIpc) is 3.11. The molecule has 2 atom stereocenters. The third-order valence-corrected chi connectivity index (χ3v) is 4.04. The molecule has 0 aliphatic heterocycles. The highest BCUT2D eigenvalue weighted by atomic mass is 79.9. The molecule has 1 aliphatic carbocycles. The van der Waals surface area contributed by atoms with Crippen molar-refractivity contribution in [3.63, 3.8) is 0 Å². The van der Waals surface area contributed by atoms with Gasteiger partial charge < -0.3 is 14.8 Å². The van der Waals surface area contributed by atoms with Gasteiger partial charge in [0, 0.05) is 10.4 Å². The molecule has 120 valence electrons. The smallest absolute Gasteiger partial charge is 0.408 e. The number of alkyl carbamates (subject to hydrolysis) is 1. The summed E-state index contributed by atoms with van der Waals surface area (Å²) in [5, 5.41) is 2.69. The molecule has 1 aromatic carbocycles. The van der Waals surface area contributed by atoms with Crippen molar-refractivity contribution in [2.45, 2.75) is 44.2 Å². The van der Waals surface area contributed by atoms with Crippen molar-refractivity contribution in [3.8, 4) is 0 Å². The molecule has 1 saturated carbocycles. The van der Waals surface area contributed by atoms with Crippen LogP contribution in [0.2, 0.25) is 0 Å². The molecule has 0 aromatic heterocycles. The molecule has 1 amide bonds. The normalized spacial score (nSPS) is 23.6. The number of amides is 1. The van der Waals surface area contributed by atoms with Crippen LogP contribution >= 0.6 is 15.9 Å². The summed E-state index contributed by atoms with van der Waals surface area (Å²) in [4.78, 5) is 24.2. The van der Waals surface area contributed by atoms with Gasteiger partial charge in [-0.15, -0.1) is 0 Å². The second-order valence-corrected chi connectivity index (χ2v) is 7.31. The first-order valence-electron chi connectivity index (χ1n) is 7.03.